The number of aromatic nitrogens is 2. The number of benzene rings is 10. The zero-order valence-electron chi connectivity index (χ0n) is 41.2. The molecule has 348 valence electrons. The van der Waals surface area contributed by atoms with Gasteiger partial charge in [0, 0.05) is 17.2 Å². The van der Waals surface area contributed by atoms with Crippen molar-refractivity contribution < 1.29 is 0 Å². The Bertz CT molecular complexity index is 3840. The summed E-state index contributed by atoms with van der Waals surface area (Å²) in [6.07, 6.45) is 15.4. The van der Waals surface area contributed by atoms with Gasteiger partial charge in [0.05, 0.1) is 11.2 Å². The fraction of sp³-hybridized carbons (Fsp3) is 0.0845. The minimum Gasteiger partial charge on any atom is -0.318 e. The molecule has 2 atom stereocenters. The van der Waals surface area contributed by atoms with E-state index in [4.69, 9.17) is 4.98 Å². The largest absolute Gasteiger partial charge is 0.318 e. The first-order valence-electron chi connectivity index (χ1n) is 25.7. The van der Waals surface area contributed by atoms with Gasteiger partial charge in [0.1, 0.15) is 5.82 Å². The van der Waals surface area contributed by atoms with E-state index in [2.05, 4.69) is 279 Å². The molecule has 2 aliphatic carbocycles. The predicted molar refractivity (Wildman–Crippen MR) is 309 cm³/mol. The first-order chi connectivity index (χ1) is 36.0. The number of nitrogens with zero attached hydrogens (tertiary/aromatic N) is 2. The molecule has 0 fully saturated rings. The maximum Gasteiger partial charge on any atom is 0.141 e. The highest BCUT2D eigenvalue weighted by Crippen LogP contribution is 2.48. The minimum atomic E-state index is -0.210. The Hall–Kier alpha value is -8.85. The van der Waals surface area contributed by atoms with Gasteiger partial charge >= 0.3 is 0 Å². The average molecular weight is 935 g/mol. The van der Waals surface area contributed by atoms with Gasteiger partial charge in [-0.25, -0.2) is 4.98 Å². The fourth-order valence-corrected chi connectivity index (χ4v) is 11.7. The number of hydrogen-bond acceptors (Lipinski definition) is 1. The zero-order valence-corrected chi connectivity index (χ0v) is 41.2. The Morgan fingerprint density at radius 2 is 0.822 bits per heavy atom. The van der Waals surface area contributed by atoms with Crippen LogP contribution in [-0.2, 0) is 5.54 Å². The summed E-state index contributed by atoms with van der Waals surface area (Å²) < 4.78 is 2.53. The van der Waals surface area contributed by atoms with Crippen LogP contribution < -0.4 is 0 Å². The molecule has 2 unspecified atom stereocenters. The monoisotopic (exact) mass is 934 g/mol. The van der Waals surface area contributed by atoms with Crippen molar-refractivity contribution in [1.82, 2.24) is 9.55 Å². The summed E-state index contributed by atoms with van der Waals surface area (Å²) in [5, 5.41) is 4.85. The quantitative estimate of drug-likeness (QED) is 0.132. The van der Waals surface area contributed by atoms with E-state index in [1.807, 2.05) is 0 Å². The predicted octanol–water partition coefficient (Wildman–Crippen LogP) is 19.3. The molecule has 0 N–H and O–H groups in total. The Balaban J connectivity index is 1.06. The van der Waals surface area contributed by atoms with Crippen molar-refractivity contribution in [3.05, 3.63) is 266 Å². The van der Waals surface area contributed by atoms with Crippen molar-refractivity contribution in [2.24, 2.45) is 0 Å². The van der Waals surface area contributed by atoms with Crippen LogP contribution in [0.5, 0.6) is 0 Å². The summed E-state index contributed by atoms with van der Waals surface area (Å²) >= 11 is 0. The highest BCUT2D eigenvalue weighted by Gasteiger charge is 2.34. The van der Waals surface area contributed by atoms with E-state index in [1.165, 1.54) is 99.6 Å². The SMILES string of the molecule is CC1CC=Cc2nc(-c3ccc(-c4ccc5c(-c6cc(-c7ccccc7)cc(-c7ccccc7)c6)c6ccccc6c(-c6cc(-c7ccccc7)cc(-c7ccccc7)c6)c5c4)cc3)n(C3(C)C=CC=CC3)c21. The van der Waals surface area contributed by atoms with E-state index < -0.39 is 0 Å². The highest BCUT2D eigenvalue weighted by molar-refractivity contribution is 6.22. The van der Waals surface area contributed by atoms with Crippen LogP contribution in [-0.4, -0.2) is 9.55 Å². The summed E-state index contributed by atoms with van der Waals surface area (Å²) in [4.78, 5) is 5.37. The number of allylic oxidation sites excluding steroid dienone is 5. The highest BCUT2D eigenvalue weighted by atomic mass is 15.2. The van der Waals surface area contributed by atoms with Crippen LogP contribution >= 0.6 is 0 Å². The first-order valence-corrected chi connectivity index (χ1v) is 25.7. The van der Waals surface area contributed by atoms with Gasteiger partial charge in [-0.3, -0.25) is 0 Å². The molecule has 0 aliphatic heterocycles. The van der Waals surface area contributed by atoms with E-state index in [0.717, 1.165) is 35.5 Å². The van der Waals surface area contributed by atoms with Crippen molar-refractivity contribution >= 4 is 27.6 Å². The molecule has 0 saturated heterocycles. The van der Waals surface area contributed by atoms with Gasteiger partial charge in [-0.1, -0.05) is 219 Å². The van der Waals surface area contributed by atoms with Crippen molar-refractivity contribution in [2.45, 2.75) is 38.1 Å². The molecule has 1 heterocycles. The molecule has 0 spiro atoms. The molecule has 73 heavy (non-hydrogen) atoms. The number of imidazole rings is 1. The van der Waals surface area contributed by atoms with Gasteiger partial charge in [-0.05, 0) is 168 Å². The molecule has 0 bridgehead atoms. The van der Waals surface area contributed by atoms with Crippen LogP contribution in [0.25, 0.3) is 117 Å². The summed E-state index contributed by atoms with van der Waals surface area (Å²) in [6.45, 7) is 4.69. The van der Waals surface area contributed by atoms with Crippen LogP contribution in [0.1, 0.15) is 44.0 Å². The Morgan fingerprint density at radius 1 is 0.397 bits per heavy atom. The van der Waals surface area contributed by atoms with Gasteiger partial charge in [-0.2, -0.15) is 0 Å². The zero-order chi connectivity index (χ0) is 48.9. The van der Waals surface area contributed by atoms with E-state index in [9.17, 15) is 0 Å². The number of fused-ring (bicyclic) bond motifs is 3. The topological polar surface area (TPSA) is 17.8 Å². The second-order valence-electron chi connectivity index (χ2n) is 20.1. The molecule has 11 aromatic rings. The third-order valence-electron chi connectivity index (χ3n) is 15.3. The third kappa shape index (κ3) is 8.06. The van der Waals surface area contributed by atoms with Gasteiger partial charge in [0.25, 0.3) is 0 Å². The van der Waals surface area contributed by atoms with Crippen molar-refractivity contribution in [2.75, 3.05) is 0 Å². The summed E-state index contributed by atoms with van der Waals surface area (Å²) in [5.41, 5.74) is 20.0. The second kappa shape index (κ2) is 18.4. The lowest BCUT2D eigenvalue weighted by Gasteiger charge is -2.34. The summed E-state index contributed by atoms with van der Waals surface area (Å²) in [6, 6.07) is 83.0. The van der Waals surface area contributed by atoms with Crippen molar-refractivity contribution in [3.8, 4) is 89.3 Å². The van der Waals surface area contributed by atoms with E-state index in [0.29, 0.717) is 5.92 Å². The Morgan fingerprint density at radius 3 is 1.32 bits per heavy atom. The molecule has 2 aliphatic rings. The lowest BCUT2D eigenvalue weighted by molar-refractivity contribution is 0.395. The van der Waals surface area contributed by atoms with Gasteiger partial charge < -0.3 is 4.57 Å². The van der Waals surface area contributed by atoms with Gasteiger partial charge in [-0.15, -0.1) is 0 Å². The van der Waals surface area contributed by atoms with Gasteiger partial charge in [0.2, 0.25) is 0 Å². The smallest absolute Gasteiger partial charge is 0.141 e. The van der Waals surface area contributed by atoms with Gasteiger partial charge in [0.15, 0.2) is 0 Å². The van der Waals surface area contributed by atoms with E-state index >= 15 is 0 Å². The Labute approximate surface area is 428 Å². The third-order valence-corrected chi connectivity index (χ3v) is 15.3. The summed E-state index contributed by atoms with van der Waals surface area (Å²) in [7, 11) is 0. The Kier molecular flexibility index (Phi) is 11.1. The van der Waals surface area contributed by atoms with E-state index in [-0.39, 0.29) is 5.54 Å². The van der Waals surface area contributed by atoms with Crippen LogP contribution in [0.15, 0.2) is 255 Å². The maximum atomic E-state index is 5.37. The van der Waals surface area contributed by atoms with Crippen molar-refractivity contribution in [1.29, 1.82) is 0 Å². The molecule has 0 radical (unpaired) electrons. The average Bonchev–Trinajstić information content (AvgIpc) is 3.87. The fourth-order valence-electron chi connectivity index (χ4n) is 11.7. The van der Waals surface area contributed by atoms with Crippen LogP contribution in [0.4, 0.5) is 0 Å². The minimum absolute atomic E-state index is 0.210. The first kappa shape index (κ1) is 44.1. The molecule has 13 rings (SSSR count). The second-order valence-corrected chi connectivity index (χ2v) is 20.1. The maximum absolute atomic E-state index is 5.37. The molecule has 0 saturated carbocycles. The molecule has 2 nitrogen and oxygen atoms in total. The molecular formula is C71H54N2. The lowest BCUT2D eigenvalue weighted by Crippen LogP contribution is -2.31. The number of rotatable bonds is 9. The van der Waals surface area contributed by atoms with Crippen LogP contribution in [0.2, 0.25) is 0 Å². The molecule has 1 aromatic heterocycles. The van der Waals surface area contributed by atoms with E-state index in [1.54, 1.807) is 0 Å². The number of hydrogen-bond donors (Lipinski definition) is 0. The van der Waals surface area contributed by atoms with Crippen LogP contribution in [0, 0.1) is 0 Å². The van der Waals surface area contributed by atoms with Crippen molar-refractivity contribution in [3.63, 3.8) is 0 Å². The molecule has 10 aromatic carbocycles. The summed E-state index contributed by atoms with van der Waals surface area (Å²) in [5.74, 6) is 1.40. The molecular weight excluding hydrogens is 881 g/mol. The van der Waals surface area contributed by atoms with Crippen LogP contribution in [0.3, 0.4) is 0 Å². The standard InChI is InChI=1S/C71H54N2/c1-48-21-20-32-66-69(48)73(71(2)39-18-7-19-40-71)70(72-66)54-35-33-53(34-36-54)55-37-38-64-65(47-55)68(61-45-58(51-26-12-5-13-27-51)42-59(46-61)52-28-14-6-15-29-52)63-31-17-16-30-62(63)67(64)60-43-56(49-22-8-3-9-23-49)41-57(44-60)50-24-10-4-11-25-50/h3-20,22-39,41-48H,21,40H2,1-2H3. The normalized spacial score (nSPS) is 16.0. The molecule has 0 amide bonds. The molecule has 2 heteroatoms. The lowest BCUT2D eigenvalue weighted by atomic mass is 9.82.